The smallest absolute Gasteiger partial charge is 0.416 e. The molecule has 172 valence electrons. The monoisotopic (exact) mass is 429 g/mol. The van der Waals surface area contributed by atoms with Gasteiger partial charge >= 0.3 is 6.09 Å². The van der Waals surface area contributed by atoms with Gasteiger partial charge < -0.3 is 9.47 Å². The first-order chi connectivity index (χ1) is 15.1. The Hall–Kier alpha value is -2.14. The molecule has 1 aliphatic heterocycles. The molecule has 1 fully saturated rings. The molecular weight excluding hydrogens is 390 g/mol. The summed E-state index contributed by atoms with van der Waals surface area (Å²) < 4.78 is 11.2. The van der Waals surface area contributed by atoms with E-state index in [1.165, 1.54) is 37.0 Å². The van der Waals surface area contributed by atoms with Gasteiger partial charge in [-0.05, 0) is 18.4 Å². The van der Waals surface area contributed by atoms with Crippen LogP contribution in [0.15, 0.2) is 43.0 Å². The van der Waals surface area contributed by atoms with Crippen LogP contribution in [0.4, 0.5) is 4.79 Å². The molecule has 0 aromatic heterocycles. The topological polar surface area (TPSA) is 55.8 Å². The summed E-state index contributed by atoms with van der Waals surface area (Å²) in [5, 5.41) is 0. The van der Waals surface area contributed by atoms with E-state index >= 15 is 0 Å². The molecule has 5 nitrogen and oxygen atoms in total. The quantitative estimate of drug-likeness (QED) is 0.256. The molecule has 0 aliphatic carbocycles. The van der Waals surface area contributed by atoms with Crippen LogP contribution in [0.25, 0.3) is 0 Å². The molecule has 0 saturated carbocycles. The average molecular weight is 430 g/mol. The molecule has 1 saturated heterocycles. The lowest BCUT2D eigenvalue weighted by molar-refractivity contribution is -0.138. The molecule has 0 unspecified atom stereocenters. The molecule has 0 bridgehead atoms. The number of hydrogen-bond acceptors (Lipinski definition) is 4. The van der Waals surface area contributed by atoms with Gasteiger partial charge in [0.05, 0.1) is 24.7 Å². The van der Waals surface area contributed by atoms with Crippen LogP contribution in [-0.4, -0.2) is 42.3 Å². The Bertz CT molecular complexity index is 675. The number of cyclic esters (lactones) is 1. The fraction of sp³-hybridized carbons (Fsp3) is 0.615. The SMILES string of the molecule is C=CCO[C@H](CCCCCCCCC)[C@H](C)C(=O)N1C(=O)OC[C@@H]1Cc1ccccc1. The lowest BCUT2D eigenvalue weighted by Crippen LogP contribution is -2.46. The number of hydrogen-bond donors (Lipinski definition) is 0. The Balaban J connectivity index is 1.94. The molecule has 31 heavy (non-hydrogen) atoms. The van der Waals surface area contributed by atoms with Crippen LogP contribution in [0.3, 0.4) is 0 Å². The van der Waals surface area contributed by atoms with Gasteiger partial charge in [0.1, 0.15) is 6.61 Å². The van der Waals surface area contributed by atoms with Gasteiger partial charge in [-0.2, -0.15) is 0 Å². The fourth-order valence-corrected chi connectivity index (χ4v) is 4.12. The summed E-state index contributed by atoms with van der Waals surface area (Å²) in [6.45, 7) is 8.45. The van der Waals surface area contributed by atoms with Gasteiger partial charge in [-0.1, -0.05) is 95.2 Å². The van der Waals surface area contributed by atoms with Crippen LogP contribution in [-0.2, 0) is 20.7 Å². The van der Waals surface area contributed by atoms with Crippen molar-refractivity contribution >= 4 is 12.0 Å². The van der Waals surface area contributed by atoms with Crippen LogP contribution >= 0.6 is 0 Å². The van der Waals surface area contributed by atoms with E-state index in [1.807, 2.05) is 37.3 Å². The summed E-state index contributed by atoms with van der Waals surface area (Å²) in [5.41, 5.74) is 1.08. The number of benzene rings is 1. The van der Waals surface area contributed by atoms with Crippen LogP contribution in [0.1, 0.15) is 70.8 Å². The molecule has 0 radical (unpaired) electrons. The highest BCUT2D eigenvalue weighted by Crippen LogP contribution is 2.24. The van der Waals surface area contributed by atoms with Crippen molar-refractivity contribution in [1.29, 1.82) is 0 Å². The number of carbonyl (C=O) groups excluding carboxylic acids is 2. The van der Waals surface area contributed by atoms with Crippen LogP contribution < -0.4 is 0 Å². The van der Waals surface area contributed by atoms with Crippen molar-refractivity contribution in [3.8, 4) is 0 Å². The minimum Gasteiger partial charge on any atom is -0.447 e. The van der Waals surface area contributed by atoms with Crippen LogP contribution in [0.5, 0.6) is 0 Å². The number of nitrogens with zero attached hydrogens (tertiary/aromatic N) is 1. The van der Waals surface area contributed by atoms with Gasteiger partial charge in [0, 0.05) is 0 Å². The van der Waals surface area contributed by atoms with Gasteiger partial charge in [0.25, 0.3) is 0 Å². The molecule has 5 heteroatoms. The van der Waals surface area contributed by atoms with E-state index < -0.39 is 12.0 Å². The number of rotatable bonds is 15. The highest BCUT2D eigenvalue weighted by molar-refractivity contribution is 5.95. The Morgan fingerprint density at radius 3 is 2.55 bits per heavy atom. The second-order valence-electron chi connectivity index (χ2n) is 8.49. The maximum absolute atomic E-state index is 13.3. The maximum Gasteiger partial charge on any atom is 0.416 e. The Morgan fingerprint density at radius 2 is 1.87 bits per heavy atom. The van der Waals surface area contributed by atoms with E-state index in [9.17, 15) is 9.59 Å². The van der Waals surface area contributed by atoms with Crippen LogP contribution in [0.2, 0.25) is 0 Å². The highest BCUT2D eigenvalue weighted by atomic mass is 16.6. The van der Waals surface area contributed by atoms with E-state index in [-0.39, 0.29) is 24.7 Å². The van der Waals surface area contributed by atoms with Gasteiger partial charge in [0.15, 0.2) is 0 Å². The van der Waals surface area contributed by atoms with E-state index in [0.717, 1.165) is 24.8 Å². The van der Waals surface area contributed by atoms with Gasteiger partial charge in [-0.3, -0.25) is 4.79 Å². The van der Waals surface area contributed by atoms with Gasteiger partial charge in [0.2, 0.25) is 5.91 Å². The number of amides is 2. The molecule has 0 N–H and O–H groups in total. The molecule has 1 aliphatic rings. The summed E-state index contributed by atoms with van der Waals surface area (Å²) in [5.74, 6) is -0.621. The normalized spacial score (nSPS) is 17.9. The van der Waals surface area contributed by atoms with E-state index in [0.29, 0.717) is 13.0 Å². The number of ether oxygens (including phenoxy) is 2. The largest absolute Gasteiger partial charge is 0.447 e. The van der Waals surface area contributed by atoms with Crippen molar-refractivity contribution in [3.05, 3.63) is 48.6 Å². The summed E-state index contributed by atoms with van der Waals surface area (Å²) in [6.07, 6.45) is 10.8. The first-order valence-corrected chi connectivity index (χ1v) is 11.8. The zero-order valence-corrected chi connectivity index (χ0v) is 19.3. The third kappa shape index (κ3) is 8.13. The first-order valence-electron chi connectivity index (χ1n) is 11.8. The van der Waals surface area contributed by atoms with Crippen molar-refractivity contribution in [2.24, 2.45) is 5.92 Å². The maximum atomic E-state index is 13.3. The molecule has 2 rings (SSSR count). The van der Waals surface area contributed by atoms with Crippen molar-refractivity contribution in [2.75, 3.05) is 13.2 Å². The molecule has 1 heterocycles. The summed E-state index contributed by atoms with van der Waals surface area (Å²) >= 11 is 0. The van der Waals surface area contributed by atoms with Gasteiger partial charge in [-0.15, -0.1) is 6.58 Å². The highest BCUT2D eigenvalue weighted by Gasteiger charge is 2.41. The second kappa shape index (κ2) is 14.0. The standard InChI is InChI=1S/C26H39NO4/c1-4-6-7-8-9-10-14-17-24(30-18-5-2)21(3)25(28)27-23(20-31-26(27)29)19-22-15-12-11-13-16-22/h5,11-13,15-16,21,23-24H,2,4,6-10,14,17-20H2,1,3H3/t21-,23-,24+/m0/s1. The number of imide groups is 1. The molecule has 1 aromatic rings. The Morgan fingerprint density at radius 1 is 1.19 bits per heavy atom. The zero-order valence-electron chi connectivity index (χ0n) is 19.3. The summed E-state index contributed by atoms with van der Waals surface area (Å²) in [4.78, 5) is 27.0. The van der Waals surface area contributed by atoms with Crippen molar-refractivity contribution in [2.45, 2.75) is 83.8 Å². The second-order valence-corrected chi connectivity index (χ2v) is 8.49. The predicted octanol–water partition coefficient (Wildman–Crippen LogP) is 5.92. The molecule has 3 atom stereocenters. The summed E-state index contributed by atoms with van der Waals surface area (Å²) in [6, 6.07) is 9.61. The van der Waals surface area contributed by atoms with E-state index in [4.69, 9.17) is 9.47 Å². The fourth-order valence-electron chi connectivity index (χ4n) is 4.12. The van der Waals surface area contributed by atoms with Crippen LogP contribution in [0, 0.1) is 5.92 Å². The molecule has 2 amide bonds. The van der Waals surface area contributed by atoms with Gasteiger partial charge in [-0.25, -0.2) is 9.69 Å². The Labute approximate surface area is 187 Å². The third-order valence-corrected chi connectivity index (χ3v) is 5.98. The number of carbonyl (C=O) groups is 2. The first kappa shape index (κ1) is 25.1. The average Bonchev–Trinajstić information content (AvgIpc) is 3.14. The minimum atomic E-state index is -0.545. The predicted molar refractivity (Wildman–Crippen MR) is 124 cm³/mol. The Kier molecular flexibility index (Phi) is 11.4. The van der Waals surface area contributed by atoms with Crippen molar-refractivity contribution < 1.29 is 19.1 Å². The lowest BCUT2D eigenvalue weighted by atomic mass is 9.95. The van der Waals surface area contributed by atoms with Crippen molar-refractivity contribution in [1.82, 2.24) is 4.90 Å². The lowest BCUT2D eigenvalue weighted by Gasteiger charge is -2.28. The third-order valence-electron chi connectivity index (χ3n) is 5.98. The molecule has 0 spiro atoms. The van der Waals surface area contributed by atoms with E-state index in [2.05, 4.69) is 13.5 Å². The van der Waals surface area contributed by atoms with E-state index in [1.54, 1.807) is 6.08 Å². The molecular formula is C26H39NO4. The summed E-state index contributed by atoms with van der Waals surface area (Å²) in [7, 11) is 0. The number of unbranched alkanes of at least 4 members (excludes halogenated alkanes) is 6. The zero-order chi connectivity index (χ0) is 22.5. The minimum absolute atomic E-state index is 0.208. The molecule has 1 aromatic carbocycles. The van der Waals surface area contributed by atoms with Crippen molar-refractivity contribution in [3.63, 3.8) is 0 Å².